The molecule has 6 nitrogen and oxygen atoms in total. The summed E-state index contributed by atoms with van der Waals surface area (Å²) < 4.78 is 0.881. The second-order valence-corrected chi connectivity index (χ2v) is 5.86. The monoisotopic (exact) mass is 326 g/mol. The molecule has 1 heterocycles. The third-order valence-electron chi connectivity index (χ3n) is 2.96. The molecule has 116 valence electrons. The summed E-state index contributed by atoms with van der Waals surface area (Å²) in [5, 5.41) is 8.72. The largest absolute Gasteiger partial charge is 0.323 e. The summed E-state index contributed by atoms with van der Waals surface area (Å²) in [6.07, 6.45) is 0. The number of aromatic nitrogens is 1. The van der Waals surface area contributed by atoms with Gasteiger partial charge in [-0.2, -0.15) is 0 Å². The van der Waals surface area contributed by atoms with Crippen LogP contribution in [0.1, 0.15) is 6.92 Å². The Bertz CT molecular complexity index is 861. The second kappa shape index (κ2) is 6.45. The number of para-hydroxylation sites is 1. The molecule has 3 aromatic rings. The van der Waals surface area contributed by atoms with Crippen LogP contribution in [-0.4, -0.2) is 16.9 Å². The van der Waals surface area contributed by atoms with Crippen molar-refractivity contribution in [2.45, 2.75) is 6.92 Å². The molecule has 0 spiro atoms. The van der Waals surface area contributed by atoms with E-state index in [1.165, 1.54) is 18.3 Å². The van der Waals surface area contributed by atoms with Crippen molar-refractivity contribution in [2.24, 2.45) is 0 Å². The number of urea groups is 1. The van der Waals surface area contributed by atoms with Crippen LogP contribution >= 0.6 is 11.3 Å². The van der Waals surface area contributed by atoms with Crippen molar-refractivity contribution in [3.63, 3.8) is 0 Å². The molecule has 0 aliphatic rings. The molecule has 0 saturated carbocycles. The number of thiazole rings is 1. The summed E-state index contributed by atoms with van der Waals surface area (Å²) in [7, 11) is 0. The maximum Gasteiger partial charge on any atom is 0.323 e. The minimum atomic E-state index is -0.317. The predicted octanol–water partition coefficient (Wildman–Crippen LogP) is 3.90. The molecule has 0 saturated heterocycles. The van der Waals surface area contributed by atoms with E-state index in [4.69, 9.17) is 0 Å². The average molecular weight is 326 g/mol. The van der Waals surface area contributed by atoms with E-state index < -0.39 is 0 Å². The molecule has 1 aromatic heterocycles. The fourth-order valence-electron chi connectivity index (χ4n) is 2.02. The molecule has 0 radical (unpaired) electrons. The van der Waals surface area contributed by atoms with E-state index in [-0.39, 0.29) is 11.9 Å². The molecule has 23 heavy (non-hydrogen) atoms. The Morgan fingerprint density at radius 3 is 2.43 bits per heavy atom. The first kappa shape index (κ1) is 15.0. The number of carbonyl (C=O) groups is 2. The van der Waals surface area contributed by atoms with Crippen molar-refractivity contribution in [1.29, 1.82) is 0 Å². The Kier molecular flexibility index (Phi) is 4.20. The van der Waals surface area contributed by atoms with Crippen molar-refractivity contribution < 1.29 is 9.59 Å². The van der Waals surface area contributed by atoms with E-state index in [2.05, 4.69) is 20.9 Å². The van der Waals surface area contributed by atoms with E-state index >= 15 is 0 Å². The van der Waals surface area contributed by atoms with Gasteiger partial charge in [0.05, 0.1) is 10.2 Å². The van der Waals surface area contributed by atoms with E-state index in [9.17, 15) is 9.59 Å². The SMILES string of the molecule is CC(=O)Nc1nc2ccc(NC(=O)Nc3ccccc3)cc2s1. The lowest BCUT2D eigenvalue weighted by molar-refractivity contribution is -0.114. The topological polar surface area (TPSA) is 83.1 Å². The highest BCUT2D eigenvalue weighted by atomic mass is 32.1. The summed E-state index contributed by atoms with van der Waals surface area (Å²) in [5.74, 6) is -0.162. The summed E-state index contributed by atoms with van der Waals surface area (Å²) >= 11 is 1.36. The Hall–Kier alpha value is -2.93. The lowest BCUT2D eigenvalue weighted by Gasteiger charge is -2.07. The Labute approximate surface area is 136 Å². The summed E-state index contributed by atoms with van der Waals surface area (Å²) in [5.41, 5.74) is 2.15. The van der Waals surface area contributed by atoms with Gasteiger partial charge in [0.25, 0.3) is 0 Å². The van der Waals surface area contributed by atoms with E-state index in [0.29, 0.717) is 10.8 Å². The highest BCUT2D eigenvalue weighted by Gasteiger charge is 2.07. The van der Waals surface area contributed by atoms with Crippen molar-refractivity contribution in [2.75, 3.05) is 16.0 Å². The first-order valence-electron chi connectivity index (χ1n) is 6.91. The molecule has 0 atom stereocenters. The van der Waals surface area contributed by atoms with Crippen LogP contribution < -0.4 is 16.0 Å². The number of fused-ring (bicyclic) bond motifs is 1. The molecule has 0 unspecified atom stereocenters. The van der Waals surface area contributed by atoms with Crippen molar-refractivity contribution >= 4 is 50.0 Å². The number of nitrogens with zero attached hydrogens (tertiary/aromatic N) is 1. The van der Waals surface area contributed by atoms with Gasteiger partial charge >= 0.3 is 6.03 Å². The van der Waals surface area contributed by atoms with Crippen LogP contribution in [0.3, 0.4) is 0 Å². The highest BCUT2D eigenvalue weighted by molar-refractivity contribution is 7.22. The van der Waals surface area contributed by atoms with Gasteiger partial charge in [0, 0.05) is 18.3 Å². The normalized spacial score (nSPS) is 10.3. The fraction of sp³-hybridized carbons (Fsp3) is 0.0625. The maximum absolute atomic E-state index is 12.0. The van der Waals surface area contributed by atoms with Gasteiger partial charge in [-0.25, -0.2) is 9.78 Å². The molecule has 3 amide bonds. The molecule has 0 fully saturated rings. The zero-order valence-corrected chi connectivity index (χ0v) is 13.1. The zero-order chi connectivity index (χ0) is 16.2. The summed E-state index contributed by atoms with van der Waals surface area (Å²) in [6, 6.07) is 14.3. The number of carbonyl (C=O) groups excluding carboxylic acids is 2. The van der Waals surface area contributed by atoms with Crippen LogP contribution in [0.25, 0.3) is 10.2 Å². The Balaban J connectivity index is 1.72. The first-order valence-corrected chi connectivity index (χ1v) is 7.73. The van der Waals surface area contributed by atoms with Crippen LogP contribution in [0.15, 0.2) is 48.5 Å². The molecule has 0 bridgehead atoms. The van der Waals surface area contributed by atoms with Crippen molar-refractivity contribution in [1.82, 2.24) is 4.98 Å². The maximum atomic E-state index is 12.0. The quantitative estimate of drug-likeness (QED) is 0.682. The minimum absolute atomic E-state index is 0.162. The zero-order valence-electron chi connectivity index (χ0n) is 12.3. The van der Waals surface area contributed by atoms with E-state index in [1.54, 1.807) is 12.1 Å². The average Bonchev–Trinajstić information content (AvgIpc) is 2.88. The van der Waals surface area contributed by atoms with Gasteiger partial charge in [-0.3, -0.25) is 4.79 Å². The number of anilines is 3. The second-order valence-electron chi connectivity index (χ2n) is 4.83. The Morgan fingerprint density at radius 2 is 1.70 bits per heavy atom. The molecular weight excluding hydrogens is 312 g/mol. The van der Waals surface area contributed by atoms with Crippen LogP contribution in [0, 0.1) is 0 Å². The van der Waals surface area contributed by atoms with Gasteiger partial charge in [-0.05, 0) is 30.3 Å². The molecule has 3 N–H and O–H groups in total. The molecule has 0 aliphatic heterocycles. The van der Waals surface area contributed by atoms with E-state index in [1.807, 2.05) is 36.4 Å². The third-order valence-corrected chi connectivity index (χ3v) is 3.89. The lowest BCUT2D eigenvalue weighted by Crippen LogP contribution is -2.19. The molecular formula is C16H14N4O2S. The predicted molar refractivity (Wildman–Crippen MR) is 93.0 cm³/mol. The van der Waals surface area contributed by atoms with Crippen molar-refractivity contribution in [3.05, 3.63) is 48.5 Å². The standard InChI is InChI=1S/C16H14N4O2S/c1-10(21)17-16-20-13-8-7-12(9-14(13)23-16)19-15(22)18-11-5-3-2-4-6-11/h2-9H,1H3,(H,17,20,21)(H2,18,19,22). The third kappa shape index (κ3) is 3.83. The minimum Gasteiger partial charge on any atom is -0.308 e. The smallest absolute Gasteiger partial charge is 0.308 e. The molecule has 2 aromatic carbocycles. The van der Waals surface area contributed by atoms with Crippen LogP contribution in [0.4, 0.5) is 21.3 Å². The van der Waals surface area contributed by atoms with Gasteiger partial charge < -0.3 is 16.0 Å². The van der Waals surface area contributed by atoms with Gasteiger partial charge in [-0.15, -0.1) is 0 Å². The number of rotatable bonds is 3. The van der Waals surface area contributed by atoms with Crippen molar-refractivity contribution in [3.8, 4) is 0 Å². The number of benzene rings is 2. The van der Waals surface area contributed by atoms with Gasteiger partial charge in [-0.1, -0.05) is 29.5 Å². The Morgan fingerprint density at radius 1 is 0.957 bits per heavy atom. The van der Waals surface area contributed by atoms with Gasteiger partial charge in [0.2, 0.25) is 5.91 Å². The number of hydrogen-bond acceptors (Lipinski definition) is 4. The number of hydrogen-bond donors (Lipinski definition) is 3. The number of nitrogens with one attached hydrogen (secondary N) is 3. The van der Waals surface area contributed by atoms with Crippen LogP contribution in [0.5, 0.6) is 0 Å². The first-order chi connectivity index (χ1) is 11.1. The molecule has 7 heteroatoms. The fourth-order valence-corrected chi connectivity index (χ4v) is 2.97. The highest BCUT2D eigenvalue weighted by Crippen LogP contribution is 2.28. The van der Waals surface area contributed by atoms with Crippen LogP contribution in [0.2, 0.25) is 0 Å². The molecule has 0 aliphatic carbocycles. The molecule has 3 rings (SSSR count). The van der Waals surface area contributed by atoms with Gasteiger partial charge in [0.15, 0.2) is 5.13 Å². The van der Waals surface area contributed by atoms with E-state index in [0.717, 1.165) is 15.9 Å². The lowest BCUT2D eigenvalue weighted by atomic mass is 10.3. The van der Waals surface area contributed by atoms with Gasteiger partial charge in [0.1, 0.15) is 0 Å². The van der Waals surface area contributed by atoms with Crippen LogP contribution in [-0.2, 0) is 4.79 Å². The summed E-state index contributed by atoms with van der Waals surface area (Å²) in [4.78, 5) is 27.3. The summed E-state index contributed by atoms with van der Waals surface area (Å²) in [6.45, 7) is 1.44. The number of amides is 3.